The van der Waals surface area contributed by atoms with Crippen LogP contribution < -0.4 is 34.2 Å². The van der Waals surface area contributed by atoms with Crippen molar-refractivity contribution >= 4 is 17.6 Å². The number of aryl methyl sites for hydroxylation is 1. The number of hydrogen-bond acceptors (Lipinski definition) is 3. The molecule has 0 atom stereocenters. The van der Waals surface area contributed by atoms with Crippen LogP contribution in [0.3, 0.4) is 0 Å². The zero-order valence-electron chi connectivity index (χ0n) is 13.8. The van der Waals surface area contributed by atoms with E-state index in [9.17, 15) is 14.9 Å². The number of amides is 1. The number of nitro groups is 1. The van der Waals surface area contributed by atoms with Gasteiger partial charge in [-0.3, -0.25) is 31.4 Å². The Morgan fingerprint density at radius 1 is 1.68 bits per heavy atom. The molecule has 6 N–H and O–H groups in total. The van der Waals surface area contributed by atoms with Crippen LogP contribution in [0, 0.1) is 10.1 Å². The number of halogens is 1. The Morgan fingerprint density at radius 3 is 2.79 bits per heavy atom. The summed E-state index contributed by atoms with van der Waals surface area (Å²) in [7, 11) is 1.36. The van der Waals surface area contributed by atoms with Crippen molar-refractivity contribution in [1.82, 2.24) is 9.88 Å². The van der Waals surface area contributed by atoms with Crippen LogP contribution in [0.5, 0.6) is 0 Å². The summed E-state index contributed by atoms with van der Waals surface area (Å²) in [6, 6.07) is 0.942. The van der Waals surface area contributed by atoms with Crippen molar-refractivity contribution < 1.29 is 32.6 Å². The van der Waals surface area contributed by atoms with E-state index >= 15 is 0 Å². The molecule has 0 saturated carbocycles. The van der Waals surface area contributed by atoms with E-state index in [0.29, 0.717) is 0 Å². The van der Waals surface area contributed by atoms with Crippen molar-refractivity contribution in [3.63, 3.8) is 0 Å². The molecule has 0 aromatic carbocycles. The molecule has 0 fully saturated rings. The van der Waals surface area contributed by atoms with Gasteiger partial charge in [-0.15, -0.1) is 0 Å². The maximum Gasteiger partial charge on any atom is 0.338 e. The third kappa shape index (κ3) is 4.84. The molecule has 0 spiro atoms. The second kappa shape index (κ2) is 7.21. The predicted octanol–water partition coefficient (Wildman–Crippen LogP) is -5.98. The molecule has 0 unspecified atom stereocenters. The van der Waals surface area contributed by atoms with Crippen molar-refractivity contribution in [2.75, 3.05) is 13.0 Å². The number of nitrogens with one attached hydrogen (secondary N) is 2. The molecule has 106 valence electrons. The Kier molecular flexibility index (Phi) is 4.03. The van der Waals surface area contributed by atoms with E-state index in [1.807, 2.05) is 4.99 Å². The Morgan fingerprint density at radius 2 is 2.32 bits per heavy atom. The number of carbonyl (C=O) groups is 1. The van der Waals surface area contributed by atoms with E-state index in [4.69, 9.17) is 17.0 Å². The van der Waals surface area contributed by atoms with E-state index in [1.54, 1.807) is 5.32 Å². The highest BCUT2D eigenvalue weighted by atomic mass is 35.5. The Labute approximate surface area is 120 Å². The highest BCUT2D eigenvalue weighted by Gasteiger charge is 2.16. The molecule has 1 amide bonds. The number of guanidine groups is 1. The third-order valence-electron chi connectivity index (χ3n) is 1.88. The highest BCUT2D eigenvalue weighted by Crippen LogP contribution is 2.14. The summed E-state index contributed by atoms with van der Waals surface area (Å²) >= 11 is 0. The second-order valence-electron chi connectivity index (χ2n) is 3.24. The van der Waals surface area contributed by atoms with Gasteiger partial charge in [0.2, 0.25) is 0 Å². The number of nitrogens with two attached hydrogens (primary N) is 2. The zero-order valence-corrected chi connectivity index (χ0v) is 10.6. The molecule has 1 aromatic heterocycles. The first kappa shape index (κ1) is 10.6. The standard InChI is InChI=1S/C9H14N6O3.ClH/c1-14-5-6(15(17)18)4-7(14)8(16)12-2-3-13-9(10)11;/h4-5H,2-3H2,1H3,(H,12,16)(H4,10,11,13);1H/i2D2,3D2;. The number of carbonyl (C=O) groups excluding carboxylic acids is 1. The molecule has 9 nitrogen and oxygen atoms in total. The van der Waals surface area contributed by atoms with E-state index in [-0.39, 0.29) is 23.8 Å². The lowest BCUT2D eigenvalue weighted by atomic mass is 10.4. The maximum absolute atomic E-state index is 12.0. The van der Waals surface area contributed by atoms with Crippen LogP contribution in [0.2, 0.25) is 0 Å². The van der Waals surface area contributed by atoms with Crippen LogP contribution in [-0.2, 0) is 7.05 Å². The van der Waals surface area contributed by atoms with Crippen LogP contribution in [-0.4, -0.2) is 34.4 Å². The number of rotatable bonds is 5. The normalized spacial score (nSPS) is 13.9. The molecule has 10 heteroatoms. The summed E-state index contributed by atoms with van der Waals surface area (Å²) in [5.74, 6) is -1.61. The summed E-state index contributed by atoms with van der Waals surface area (Å²) in [4.78, 5) is 23.8. The maximum atomic E-state index is 12.0. The lowest BCUT2D eigenvalue weighted by Gasteiger charge is -2.03. The number of aromatic nitrogens is 1. The summed E-state index contributed by atoms with van der Waals surface area (Å²) in [6.45, 7) is -5.70. The Hall–Kier alpha value is -2.29. The minimum atomic E-state index is -2.90. The van der Waals surface area contributed by atoms with Crippen molar-refractivity contribution in [2.45, 2.75) is 0 Å². The molecule has 1 aromatic rings. The molecular weight excluding hydrogens is 276 g/mol. The molecule has 0 radical (unpaired) electrons. The van der Waals surface area contributed by atoms with Gasteiger partial charge in [-0.2, -0.15) is 0 Å². The topological polar surface area (TPSA) is 143 Å². The predicted molar refractivity (Wildman–Crippen MR) is 63.6 cm³/mol. The lowest BCUT2D eigenvalue weighted by Crippen LogP contribution is -3.00. The van der Waals surface area contributed by atoms with E-state index in [1.165, 1.54) is 7.05 Å². The van der Waals surface area contributed by atoms with E-state index < -0.39 is 29.8 Å². The fraction of sp³-hybridized carbons (Fsp3) is 0.333. The zero-order chi connectivity index (χ0) is 17.3. The van der Waals surface area contributed by atoms with Gasteiger partial charge >= 0.3 is 5.96 Å². The fourth-order valence-corrected chi connectivity index (χ4v) is 1.13. The molecule has 0 aliphatic carbocycles. The largest absolute Gasteiger partial charge is 1.00 e. The van der Waals surface area contributed by atoms with Gasteiger partial charge in [-0.05, 0) is 0 Å². The average Bonchev–Trinajstić information content (AvgIpc) is 2.68. The molecule has 19 heavy (non-hydrogen) atoms. The summed E-state index contributed by atoms with van der Waals surface area (Å²) in [6.07, 6.45) is 1.07. The Bertz CT molecular complexity index is 643. The van der Waals surface area contributed by atoms with Crippen LogP contribution in [0.1, 0.15) is 16.0 Å². The van der Waals surface area contributed by atoms with Crippen LogP contribution in [0.4, 0.5) is 5.69 Å². The summed E-state index contributed by atoms with van der Waals surface area (Å²) in [5, 5.41) is 12.4. The van der Waals surface area contributed by atoms with Crippen molar-refractivity contribution in [2.24, 2.45) is 18.5 Å². The SMILES string of the molecule is [2H]C([2H])(NC(=O)c1cc([N+](=O)[O-])cn1C)C([2H])([2H])[NH+]=C(N)N.[Cl-]. The first-order chi connectivity index (χ1) is 9.87. The molecule has 0 aliphatic rings. The van der Waals surface area contributed by atoms with Gasteiger partial charge in [-0.1, -0.05) is 0 Å². The van der Waals surface area contributed by atoms with Crippen LogP contribution in [0.25, 0.3) is 0 Å². The van der Waals surface area contributed by atoms with Gasteiger partial charge in [0.05, 0.1) is 23.1 Å². The smallest absolute Gasteiger partial charge is 0.338 e. The monoisotopic (exact) mass is 294 g/mol. The molecule has 0 saturated heterocycles. The van der Waals surface area contributed by atoms with Crippen molar-refractivity contribution in [3.05, 3.63) is 28.1 Å². The quantitative estimate of drug-likeness (QED) is 0.185. The highest BCUT2D eigenvalue weighted by molar-refractivity contribution is 5.93. The minimum absolute atomic E-state index is 0. The molecule has 0 aliphatic heterocycles. The lowest BCUT2D eigenvalue weighted by molar-refractivity contribution is -0.456. The van der Waals surface area contributed by atoms with Gasteiger partial charge in [0, 0.05) is 19.6 Å². The first-order valence-electron chi connectivity index (χ1n) is 6.67. The van der Waals surface area contributed by atoms with Crippen molar-refractivity contribution in [1.29, 1.82) is 0 Å². The number of hydrogen-bond donors (Lipinski definition) is 4. The average molecular weight is 295 g/mol. The minimum Gasteiger partial charge on any atom is -1.00 e. The van der Waals surface area contributed by atoms with E-state index in [0.717, 1.165) is 16.8 Å². The van der Waals surface area contributed by atoms with Gasteiger partial charge in [-0.25, -0.2) is 0 Å². The third-order valence-corrected chi connectivity index (χ3v) is 1.88. The second-order valence-corrected chi connectivity index (χ2v) is 3.24. The molecular formula is C9H15ClN6O3. The van der Waals surface area contributed by atoms with Crippen LogP contribution in [0.15, 0.2) is 12.3 Å². The first-order valence-corrected chi connectivity index (χ1v) is 4.67. The fourth-order valence-electron chi connectivity index (χ4n) is 1.13. The Balaban J connectivity index is 0.00000484. The van der Waals surface area contributed by atoms with Gasteiger partial charge in [0.1, 0.15) is 5.69 Å². The van der Waals surface area contributed by atoms with Crippen LogP contribution >= 0.6 is 0 Å². The summed E-state index contributed by atoms with van der Waals surface area (Å²) < 4.78 is 31.3. The van der Waals surface area contributed by atoms with E-state index in [2.05, 4.69) is 0 Å². The van der Waals surface area contributed by atoms with Gasteiger partial charge in [0.15, 0.2) is 0 Å². The van der Waals surface area contributed by atoms with Crippen molar-refractivity contribution in [3.8, 4) is 0 Å². The van der Waals surface area contributed by atoms with Gasteiger partial charge in [0.25, 0.3) is 11.6 Å². The molecule has 1 rings (SSSR count). The molecule has 1 heterocycles. The number of nitrogens with zero attached hydrogens (tertiary/aromatic N) is 2. The molecule has 0 bridgehead atoms. The summed E-state index contributed by atoms with van der Waals surface area (Å²) in [5.41, 5.74) is 9.56. The van der Waals surface area contributed by atoms with Gasteiger partial charge < -0.3 is 22.3 Å².